The fourth-order valence-corrected chi connectivity index (χ4v) is 21.5. The molecule has 2 saturated carbocycles. The summed E-state index contributed by atoms with van der Waals surface area (Å²) in [4.78, 5) is 112. The number of carbonyl (C=O) groups excluding carboxylic acids is 7. The summed E-state index contributed by atoms with van der Waals surface area (Å²) < 4.78 is 59.5. The molecule has 816 valence electrons. The summed E-state index contributed by atoms with van der Waals surface area (Å²) in [6, 6.07) is -2.22. The van der Waals surface area contributed by atoms with Crippen LogP contribution in [0.25, 0.3) is 0 Å². The first-order valence-corrected chi connectivity index (χ1v) is 53.3. The van der Waals surface area contributed by atoms with Crippen LogP contribution in [0, 0.1) is 71.0 Å². The summed E-state index contributed by atoms with van der Waals surface area (Å²) in [6.07, 6.45) is 27.8. The van der Waals surface area contributed by atoms with E-state index in [9.17, 15) is 74.4 Å². The fourth-order valence-electron chi connectivity index (χ4n) is 21.5. The number of ether oxygens (including phenoxy) is 10. The highest BCUT2D eigenvalue weighted by Crippen LogP contribution is 2.43. The Morgan fingerprint density at radius 3 is 1.28 bits per heavy atom. The zero-order valence-corrected chi connectivity index (χ0v) is 90.1. The Bertz CT molecular complexity index is 4150. The van der Waals surface area contributed by atoms with E-state index in [0.717, 1.165) is 43.3 Å². The van der Waals surface area contributed by atoms with E-state index in [2.05, 4.69) is 29.9 Å². The number of aliphatic hydroxyl groups is 8. The second-order valence-corrected chi connectivity index (χ2v) is 42.6. The Balaban J connectivity index is 0.000000411. The molecule has 12 N–H and O–H groups in total. The van der Waals surface area contributed by atoms with Gasteiger partial charge in [-0.3, -0.25) is 24.0 Å². The van der Waals surface area contributed by atoms with Gasteiger partial charge in [-0.25, -0.2) is 15.5 Å². The number of nitrogens with two attached hydrogens (primary N) is 2. The molecule has 32 heteroatoms. The number of Topliss-reactive ketones (excluding diaryl/α,β-unsaturated/α-hetero) is 3. The number of hydrogen-bond acceptors (Lipinski definition) is 30. The topological polar surface area (TPSA) is 463 Å². The molecule has 4 bridgehead atoms. The van der Waals surface area contributed by atoms with Crippen LogP contribution in [-0.4, -0.2) is 294 Å². The van der Waals surface area contributed by atoms with Crippen molar-refractivity contribution in [2.24, 2.45) is 87.8 Å². The minimum Gasteiger partial charge on any atom is -0.460 e. The molecule has 0 aromatic rings. The van der Waals surface area contributed by atoms with Crippen molar-refractivity contribution >= 4 is 46.8 Å². The van der Waals surface area contributed by atoms with Gasteiger partial charge in [0.1, 0.15) is 55.3 Å². The van der Waals surface area contributed by atoms with E-state index in [1.165, 1.54) is 36.9 Å². The first kappa shape index (κ1) is 125. The number of hydrogen-bond donors (Lipinski definition) is 10. The summed E-state index contributed by atoms with van der Waals surface area (Å²) >= 11 is 0. The van der Waals surface area contributed by atoms with Gasteiger partial charge in [0.15, 0.2) is 5.78 Å². The molecule has 2 aliphatic carbocycles. The first-order chi connectivity index (χ1) is 68.0. The zero-order chi connectivity index (χ0) is 106. The highest BCUT2D eigenvalue weighted by Gasteiger charge is 2.56. The van der Waals surface area contributed by atoms with Crippen molar-refractivity contribution < 1.29 is 131 Å². The molecule has 8 aliphatic rings. The van der Waals surface area contributed by atoms with Crippen molar-refractivity contribution in [3.63, 3.8) is 0 Å². The molecule has 32 atom stereocenters. The van der Waals surface area contributed by atoms with Gasteiger partial charge >= 0.3 is 11.9 Å². The number of piperidine rings is 2. The van der Waals surface area contributed by atoms with Gasteiger partial charge < -0.3 is 113 Å². The molecule has 2 amide bonds. The van der Waals surface area contributed by atoms with Gasteiger partial charge in [0.2, 0.25) is 11.6 Å². The lowest BCUT2D eigenvalue weighted by Crippen LogP contribution is -2.61. The number of esters is 2. The lowest BCUT2D eigenvalue weighted by Gasteiger charge is -2.43. The molecule has 6 aliphatic heterocycles. The van der Waals surface area contributed by atoms with Crippen LogP contribution >= 0.6 is 0 Å². The molecule has 6 fully saturated rings. The van der Waals surface area contributed by atoms with E-state index in [-0.39, 0.29) is 98.2 Å². The maximum Gasteiger partial charge on any atom is 0.329 e. The lowest BCUT2D eigenvalue weighted by atomic mass is 9.78. The lowest BCUT2D eigenvalue weighted by molar-refractivity contribution is -0.265. The highest BCUT2D eigenvalue weighted by atomic mass is 16.7. The molecule has 0 spiro atoms. The summed E-state index contributed by atoms with van der Waals surface area (Å²) in [5.74, 6) is -9.13. The van der Waals surface area contributed by atoms with Crippen molar-refractivity contribution in [2.45, 2.75) is 411 Å². The average Bonchev–Trinajstić information content (AvgIpc) is 0.774. The van der Waals surface area contributed by atoms with Gasteiger partial charge in [0.25, 0.3) is 23.4 Å². The highest BCUT2D eigenvalue weighted by molar-refractivity contribution is 6.39. The van der Waals surface area contributed by atoms with Crippen LogP contribution in [0.3, 0.4) is 0 Å². The minimum atomic E-state index is -2.42. The number of cyclic esters (lactones) is 2. The molecule has 4 saturated heterocycles. The predicted molar refractivity (Wildman–Crippen MR) is 549 cm³/mol. The number of aliphatic hydroxyl groups excluding tert-OH is 6. The summed E-state index contributed by atoms with van der Waals surface area (Å²) in [5, 5.41) is 96.7. The molecule has 143 heavy (non-hydrogen) atoms. The molecule has 8 rings (SSSR count). The van der Waals surface area contributed by atoms with Crippen LogP contribution in [0.5, 0.6) is 0 Å². The van der Waals surface area contributed by atoms with Gasteiger partial charge in [-0.1, -0.05) is 167 Å². The van der Waals surface area contributed by atoms with E-state index in [4.69, 9.17) is 63.8 Å². The Morgan fingerprint density at radius 2 is 0.881 bits per heavy atom. The average molecular weight is 2020 g/mol. The van der Waals surface area contributed by atoms with E-state index in [1.54, 1.807) is 75.2 Å². The monoisotopic (exact) mass is 2020 g/mol. The van der Waals surface area contributed by atoms with E-state index >= 15 is 0 Å². The molecule has 32 nitrogen and oxygen atoms in total. The van der Waals surface area contributed by atoms with E-state index in [1.807, 2.05) is 110 Å². The smallest absolute Gasteiger partial charge is 0.329 e. The normalized spacial score (nSPS) is 39.0. The van der Waals surface area contributed by atoms with Crippen LogP contribution in [0.2, 0.25) is 0 Å². The largest absolute Gasteiger partial charge is 0.460 e. The second-order valence-electron chi connectivity index (χ2n) is 42.6. The van der Waals surface area contributed by atoms with Crippen molar-refractivity contribution in [3.8, 4) is 0 Å². The van der Waals surface area contributed by atoms with Crippen molar-refractivity contribution in [2.75, 3.05) is 75.5 Å². The Hall–Kier alpha value is -6.48. The molecule has 6 heterocycles. The SMILES string of the molecule is CCCCCON.CO[C@H]1C[C@@H]2CC[C@@H](C)[C@@](O)(O2)C(=O)C(=O)N2CCCC[C@H]2C(=O)O[C@H]([C@H](C)C[C@@H]2CC[C@@H](O)[C@H](OC)C2)C[C@@H](O)[C@H](C)/C=C(\C)[C@@H](O)[C@@H](OC)C(=NOCCCCN)[C@H](C)C[C@H](C)/C=C/C=C/C=C/1C.CO[C@H]1C[C@@H]2CC[C@@H](C)[C@@](O)(O2)C(=O)C(=O)N2CCCC[C@H]2C(=O)O[C@H]([C@H](C)C[C@@H]2CC[C@@H](O)[C@H](OC)C2)C[C@@H](O)[C@H](C)/C=C(\C)[C@@H](O)[C@@H](OC)C(=O)[C@H](C)C[C@H](C)/C=C/C=C/C=C/1C. The number of oxime groups is 1. The summed E-state index contributed by atoms with van der Waals surface area (Å²) in [6.45, 7) is 30.2. The molecule has 0 unspecified atom stereocenters. The Morgan fingerprint density at radius 1 is 0.462 bits per heavy atom. The first-order valence-electron chi connectivity index (χ1n) is 53.3. The van der Waals surface area contributed by atoms with Gasteiger partial charge in [-0.05, 0) is 240 Å². The van der Waals surface area contributed by atoms with E-state index in [0.29, 0.717) is 152 Å². The quantitative estimate of drug-likeness (QED) is 0.0168. The van der Waals surface area contributed by atoms with Crippen molar-refractivity contribution in [1.82, 2.24) is 9.80 Å². The zero-order valence-electron chi connectivity index (χ0n) is 90.1. The van der Waals surface area contributed by atoms with Crippen LogP contribution < -0.4 is 11.6 Å². The van der Waals surface area contributed by atoms with Gasteiger partial charge in [-0.15, -0.1) is 0 Å². The number of amides is 2. The standard InChI is InChI=1S/C55H91N3O13.C51H81NO13.C5H13NO/c1-34-18-12-11-13-19-35(2)46(66-8)32-42-23-21-40(7)55(65,71-42)52(62)53(63)58-26-16-14-20-43(58)54(64)70-47(37(4)30-41-22-24-44(59)48(31-41)67-9)33-45(60)36(3)29-39(6)50(61)51(68-10)49(38(5)28-34)57-69-27-17-15-25-56;1-30-16-12-11-13-17-31(2)42(61-8)28-38-21-19-36(7)51(60,65-38)48(57)49(58)52-23-15-14-18-39(52)50(59)64-43(33(4)26-37-20-22-40(53)44(27-37)62-9)29-41(54)32(3)25-35(6)46(56)47(63-10)45(55)34(5)24-30;1-2-3-4-5-7-6/h11-13,18-19,29,34,36-38,40-48,50-51,59-61,65H,14-17,20-28,30-33,56H2,1-10H3;11-13,16-17,25,30,32-34,36-44,46-47,53-54,56,60H,14-15,18-24,26-29H2,1-10H3;2-6H2,1H3/b13-11+,18-12+,35-19+,39-29+,57-49?;13-11+,16-12+,31-17+,35-25+;/t34-,36-,37-,38-,40-,41+,42+,43+,44-,45-,46+,47+,48-,50-,51+,55-;30-,32-,33-,34-,36-,37+,38+,39+,40-,41-,42+,43+,44-,46-,47+,51-;/m11./s1. The van der Waals surface area contributed by atoms with Gasteiger partial charge in [-0.2, -0.15) is 0 Å². The number of allylic oxidation sites excluding steroid dienone is 10. The third-order valence-electron chi connectivity index (χ3n) is 31.1. The Kier molecular flexibility index (Phi) is 55.6. The van der Waals surface area contributed by atoms with Crippen LogP contribution in [0.4, 0.5) is 0 Å². The number of unbranched alkanes of at least 4 members (excludes halogenated alkanes) is 3. The minimum absolute atomic E-state index is 0.0183. The number of carbonyl (C=O) groups is 7. The number of fused-ring (bicyclic) bond motifs is 6. The maximum atomic E-state index is 14.5. The second kappa shape index (κ2) is 63.5. The number of rotatable bonds is 21. The van der Waals surface area contributed by atoms with Crippen molar-refractivity contribution in [3.05, 3.63) is 95.2 Å². The molecule has 0 aromatic heterocycles. The van der Waals surface area contributed by atoms with Crippen LogP contribution in [-0.2, 0) is 90.6 Å². The summed E-state index contributed by atoms with van der Waals surface area (Å²) in [5.41, 5.74) is 9.05. The molecule has 0 aromatic carbocycles. The Labute approximate surface area is 853 Å². The van der Waals surface area contributed by atoms with Crippen molar-refractivity contribution in [1.29, 1.82) is 0 Å². The van der Waals surface area contributed by atoms with Gasteiger partial charge in [0.05, 0.1) is 73.4 Å². The van der Waals surface area contributed by atoms with E-state index < -0.39 is 174 Å². The van der Waals surface area contributed by atoms with Crippen LogP contribution in [0.1, 0.15) is 290 Å². The number of ketones is 3. The van der Waals surface area contributed by atoms with Gasteiger partial charge in [0, 0.05) is 117 Å². The summed E-state index contributed by atoms with van der Waals surface area (Å²) in [7, 11) is 9.26. The molecular formula is C111H185N5O27. The third kappa shape index (κ3) is 37.9. The fraction of sp³-hybridized carbons (Fsp3) is 0.784. The van der Waals surface area contributed by atoms with Crippen LogP contribution in [0.15, 0.2) is 100 Å². The number of nitrogens with zero attached hydrogens (tertiary/aromatic N) is 3. The number of methoxy groups -OCH3 is 6. The molecular weight excluding hydrogens is 1840 g/mol. The molecule has 0 radical (unpaired) electrons. The predicted octanol–water partition coefficient (Wildman–Crippen LogP) is 13.6. The maximum absolute atomic E-state index is 14.5. The third-order valence-corrected chi connectivity index (χ3v) is 31.1.